The Morgan fingerprint density at radius 3 is 3.08 bits per heavy atom. The van der Waals surface area contributed by atoms with Crippen molar-refractivity contribution < 1.29 is 4.79 Å². The van der Waals surface area contributed by atoms with Crippen molar-refractivity contribution in [1.82, 2.24) is 4.98 Å². The average molecular weight is 172 g/mol. The Labute approximate surface area is 77.3 Å². The zero-order chi connectivity index (χ0) is 9.42. The van der Waals surface area contributed by atoms with Crippen LogP contribution in [0.2, 0.25) is 0 Å². The number of pyridine rings is 1. The molecule has 0 aromatic carbocycles. The van der Waals surface area contributed by atoms with E-state index in [0.29, 0.717) is 11.3 Å². The predicted octanol–water partition coefficient (Wildman–Crippen LogP) is 0.0174. The van der Waals surface area contributed by atoms with Crippen molar-refractivity contribution in [1.29, 1.82) is 0 Å². The maximum atomic E-state index is 11.2. The van der Waals surface area contributed by atoms with E-state index in [9.17, 15) is 4.79 Å². The van der Waals surface area contributed by atoms with Crippen molar-refractivity contribution in [3.8, 4) is 0 Å². The van der Waals surface area contributed by atoms with Gasteiger partial charge in [0.2, 0.25) is 0 Å². The second-order valence-electron chi connectivity index (χ2n) is 3.03. The Hall–Kier alpha value is -1.45. The summed E-state index contributed by atoms with van der Waals surface area (Å²) in [6, 6.07) is 1.96. The Morgan fingerprint density at radius 2 is 2.38 bits per heavy atom. The normalized spacial score (nSPS) is 14.2. The van der Waals surface area contributed by atoms with Gasteiger partial charge in [-0.2, -0.15) is 0 Å². The van der Waals surface area contributed by atoms with Crippen LogP contribution in [0.1, 0.15) is 18.1 Å². The molecule has 1 aliphatic rings. The summed E-state index contributed by atoms with van der Waals surface area (Å²) in [7, 11) is 3.70. The average Bonchev–Trinajstić information content (AvgIpc) is 2.43. The summed E-state index contributed by atoms with van der Waals surface area (Å²) in [6.45, 7) is 2.05. The fraction of sp³-hybridized carbons (Fsp3) is 0.222. The number of nitrogens with one attached hydrogen (secondary N) is 1. The number of carbonyl (C=O) groups is 1. The molecule has 1 aliphatic heterocycles. The SMILES string of the molecule is B=C1C(=O)Nc2ncc(CC)cc21. The van der Waals surface area contributed by atoms with E-state index in [4.69, 9.17) is 0 Å². The first-order valence-corrected chi connectivity index (χ1v) is 4.22. The molecule has 64 valence electrons. The molecule has 3 nitrogen and oxygen atoms in total. The van der Waals surface area contributed by atoms with Crippen LogP contribution in [-0.4, -0.2) is 23.8 Å². The van der Waals surface area contributed by atoms with Gasteiger partial charge in [-0.1, -0.05) is 0 Å². The molecule has 0 fully saturated rings. The third kappa shape index (κ3) is 1.18. The summed E-state index contributed by atoms with van der Waals surface area (Å²) < 4.78 is 0. The number of carbonyl (C=O) groups excluding carboxylic acids is 1. The third-order valence-corrected chi connectivity index (χ3v) is 2.18. The minimum absolute atomic E-state index is 0.143. The van der Waals surface area contributed by atoms with Crippen molar-refractivity contribution in [3.63, 3.8) is 0 Å². The number of hydrogen-bond donors (Lipinski definition) is 1. The molecule has 1 aromatic rings. The Bertz CT molecular complexity index is 401. The topological polar surface area (TPSA) is 42.0 Å². The van der Waals surface area contributed by atoms with Crippen LogP contribution >= 0.6 is 0 Å². The zero-order valence-electron chi connectivity index (χ0n) is 7.42. The van der Waals surface area contributed by atoms with Crippen LogP contribution in [0.4, 0.5) is 5.82 Å². The van der Waals surface area contributed by atoms with Gasteiger partial charge in [0.05, 0.1) is 0 Å². The molecule has 2 heterocycles. The summed E-state index contributed by atoms with van der Waals surface area (Å²) in [5.41, 5.74) is 2.47. The van der Waals surface area contributed by atoms with Crippen molar-refractivity contribution in [2.75, 3.05) is 5.32 Å². The van der Waals surface area contributed by atoms with E-state index in [1.165, 1.54) is 0 Å². The number of fused-ring (bicyclic) bond motifs is 1. The molecule has 4 heteroatoms. The van der Waals surface area contributed by atoms with Gasteiger partial charge in [-0.3, -0.25) is 0 Å². The monoisotopic (exact) mass is 172 g/mol. The second kappa shape index (κ2) is 2.80. The summed E-state index contributed by atoms with van der Waals surface area (Å²) in [4.78, 5) is 15.3. The van der Waals surface area contributed by atoms with Gasteiger partial charge in [-0.05, 0) is 0 Å². The van der Waals surface area contributed by atoms with E-state index in [2.05, 4.69) is 24.7 Å². The Kier molecular flexibility index (Phi) is 1.76. The van der Waals surface area contributed by atoms with E-state index >= 15 is 0 Å². The van der Waals surface area contributed by atoms with Crippen LogP contribution in [0, 0.1) is 0 Å². The van der Waals surface area contributed by atoms with Gasteiger partial charge in [-0.15, -0.1) is 0 Å². The van der Waals surface area contributed by atoms with Gasteiger partial charge in [-0.25, -0.2) is 0 Å². The molecule has 0 atom stereocenters. The van der Waals surface area contributed by atoms with E-state index in [1.54, 1.807) is 6.20 Å². The van der Waals surface area contributed by atoms with Crippen molar-refractivity contribution in [2.24, 2.45) is 0 Å². The fourth-order valence-corrected chi connectivity index (χ4v) is 1.34. The number of aromatic nitrogens is 1. The fourth-order valence-electron chi connectivity index (χ4n) is 1.34. The molecular weight excluding hydrogens is 163 g/mol. The molecule has 13 heavy (non-hydrogen) atoms. The van der Waals surface area contributed by atoms with Crippen LogP contribution in [-0.2, 0) is 11.2 Å². The van der Waals surface area contributed by atoms with Gasteiger partial charge in [0.1, 0.15) is 0 Å². The van der Waals surface area contributed by atoms with Crippen LogP contribution in [0.3, 0.4) is 0 Å². The molecule has 0 bridgehead atoms. The molecule has 0 aliphatic carbocycles. The molecule has 0 saturated heterocycles. The van der Waals surface area contributed by atoms with Gasteiger partial charge in [0, 0.05) is 0 Å². The maximum absolute atomic E-state index is 11.2. The third-order valence-electron chi connectivity index (χ3n) is 2.18. The predicted molar refractivity (Wildman–Crippen MR) is 53.5 cm³/mol. The van der Waals surface area contributed by atoms with E-state index < -0.39 is 0 Å². The number of aryl methyl sites for hydroxylation is 1. The Morgan fingerprint density at radius 1 is 1.62 bits per heavy atom. The molecular formula is C9H9BN2O. The van der Waals surface area contributed by atoms with E-state index in [1.807, 2.05) is 6.07 Å². The molecule has 1 aromatic heterocycles. The molecule has 1 amide bonds. The number of hydrogen-bond acceptors (Lipinski definition) is 2. The van der Waals surface area contributed by atoms with E-state index in [-0.39, 0.29) is 5.91 Å². The molecule has 1 N–H and O–H groups in total. The summed E-state index contributed by atoms with van der Waals surface area (Å²) in [5, 5.41) is 2.65. The standard InChI is InChI=1S/C9H9BN2O/c1-2-5-3-6-7(10)9(13)12-8(6)11-4-5/h3-4,10H,2H2,1H3,(H,11,12,13). The van der Waals surface area contributed by atoms with E-state index in [0.717, 1.165) is 17.5 Å². The molecule has 0 radical (unpaired) electrons. The Balaban J connectivity index is 2.54. The number of amides is 1. The molecule has 0 saturated carbocycles. The number of nitrogens with zero attached hydrogens (tertiary/aromatic N) is 1. The van der Waals surface area contributed by atoms with Crippen LogP contribution in [0.5, 0.6) is 0 Å². The van der Waals surface area contributed by atoms with Gasteiger partial charge >= 0.3 is 76.5 Å². The first kappa shape index (κ1) is 8.17. The number of rotatable bonds is 1. The summed E-state index contributed by atoms with van der Waals surface area (Å²) in [6.07, 6.45) is 2.69. The first-order chi connectivity index (χ1) is 6.22. The molecule has 0 unspecified atom stereocenters. The van der Waals surface area contributed by atoms with Crippen LogP contribution in [0.15, 0.2) is 12.3 Å². The van der Waals surface area contributed by atoms with Gasteiger partial charge in [0.15, 0.2) is 0 Å². The van der Waals surface area contributed by atoms with Crippen molar-refractivity contribution in [2.45, 2.75) is 13.3 Å². The van der Waals surface area contributed by atoms with Gasteiger partial charge < -0.3 is 0 Å². The van der Waals surface area contributed by atoms with Gasteiger partial charge in [0.25, 0.3) is 0 Å². The molecule has 0 spiro atoms. The van der Waals surface area contributed by atoms with Crippen molar-refractivity contribution in [3.05, 3.63) is 23.4 Å². The minimum atomic E-state index is -0.143. The summed E-state index contributed by atoms with van der Waals surface area (Å²) >= 11 is 0. The second-order valence-corrected chi connectivity index (χ2v) is 3.03. The number of anilines is 1. The molecule has 2 rings (SSSR count). The van der Waals surface area contributed by atoms with Crippen LogP contribution < -0.4 is 5.32 Å². The van der Waals surface area contributed by atoms with Crippen molar-refractivity contribution >= 4 is 24.7 Å². The van der Waals surface area contributed by atoms with Crippen LogP contribution in [0.25, 0.3) is 0 Å². The first-order valence-electron chi connectivity index (χ1n) is 4.22. The zero-order valence-corrected chi connectivity index (χ0v) is 7.42. The quantitative estimate of drug-likeness (QED) is 0.606. The summed E-state index contributed by atoms with van der Waals surface area (Å²) in [5.74, 6) is 0.489.